The van der Waals surface area contributed by atoms with E-state index in [2.05, 4.69) is 26.7 Å². The van der Waals surface area contributed by atoms with Crippen molar-refractivity contribution in [1.82, 2.24) is 10.2 Å². The summed E-state index contributed by atoms with van der Waals surface area (Å²) in [6.45, 7) is 7.88. The second kappa shape index (κ2) is 9.45. The molecular weight excluding hydrogens is 311 g/mol. The Kier molecular flexibility index (Phi) is 7.26. The molecule has 0 spiro atoms. The number of hydrogen-bond donors (Lipinski definition) is 1. The van der Waals surface area contributed by atoms with Crippen LogP contribution in [0.4, 0.5) is 10.1 Å². The molecule has 2 rings (SSSR count). The maximum Gasteiger partial charge on any atom is 0.193 e. The zero-order valence-corrected chi connectivity index (χ0v) is 14.5. The Morgan fingerprint density at radius 3 is 2.74 bits per heavy atom. The van der Waals surface area contributed by atoms with Crippen LogP contribution >= 0.6 is 11.8 Å². The Bertz CT molecular complexity index is 527. The third-order valence-corrected chi connectivity index (χ3v) is 4.71. The lowest BCUT2D eigenvalue weighted by molar-refractivity contribution is 0.372. The molecule has 1 N–H and O–H groups in total. The monoisotopic (exact) mass is 336 g/mol. The van der Waals surface area contributed by atoms with E-state index in [0.29, 0.717) is 5.69 Å². The molecular formula is C17H25FN4S. The maximum absolute atomic E-state index is 13.9. The molecule has 6 heteroatoms. The van der Waals surface area contributed by atoms with Crippen molar-refractivity contribution in [3.05, 3.63) is 42.7 Å². The van der Waals surface area contributed by atoms with Crippen molar-refractivity contribution in [2.45, 2.75) is 0 Å². The standard InChI is InChI=1S/C17H25FN4S/c1-3-13-23-14-8-20-17(19-2)22-11-9-21(10-12-22)16-7-5-4-6-15(16)18/h3-7H,1,8-14H2,2H3,(H,19,20). The van der Waals surface area contributed by atoms with Crippen LogP contribution in [-0.4, -0.2) is 62.1 Å². The molecule has 1 heterocycles. The van der Waals surface area contributed by atoms with Crippen LogP contribution in [0.25, 0.3) is 0 Å². The average Bonchev–Trinajstić information content (AvgIpc) is 2.59. The van der Waals surface area contributed by atoms with Crippen LogP contribution in [0.5, 0.6) is 0 Å². The van der Waals surface area contributed by atoms with E-state index < -0.39 is 0 Å². The molecule has 0 bridgehead atoms. The summed E-state index contributed by atoms with van der Waals surface area (Å²) in [6, 6.07) is 6.97. The first-order valence-corrected chi connectivity index (χ1v) is 9.05. The van der Waals surface area contributed by atoms with Gasteiger partial charge in [0.25, 0.3) is 0 Å². The number of guanidine groups is 1. The largest absolute Gasteiger partial charge is 0.366 e. The van der Waals surface area contributed by atoms with Crippen molar-refractivity contribution in [3.8, 4) is 0 Å². The van der Waals surface area contributed by atoms with E-state index in [1.54, 1.807) is 6.07 Å². The lowest BCUT2D eigenvalue weighted by Crippen LogP contribution is -2.53. The van der Waals surface area contributed by atoms with Crippen molar-refractivity contribution in [2.75, 3.05) is 56.2 Å². The minimum absolute atomic E-state index is 0.150. The molecule has 1 saturated heterocycles. The van der Waals surface area contributed by atoms with Gasteiger partial charge in [-0.3, -0.25) is 4.99 Å². The van der Waals surface area contributed by atoms with Crippen LogP contribution in [0.1, 0.15) is 0 Å². The van der Waals surface area contributed by atoms with Crippen LogP contribution in [0.15, 0.2) is 41.9 Å². The molecule has 0 aliphatic carbocycles. The van der Waals surface area contributed by atoms with E-state index in [1.165, 1.54) is 6.07 Å². The molecule has 126 valence electrons. The molecule has 0 atom stereocenters. The second-order valence-electron chi connectivity index (χ2n) is 5.26. The molecule has 0 unspecified atom stereocenters. The summed E-state index contributed by atoms with van der Waals surface area (Å²) in [5, 5.41) is 3.39. The van der Waals surface area contributed by atoms with E-state index in [0.717, 1.165) is 50.2 Å². The van der Waals surface area contributed by atoms with Gasteiger partial charge in [0.15, 0.2) is 5.96 Å². The summed E-state index contributed by atoms with van der Waals surface area (Å²) in [5.41, 5.74) is 0.691. The highest BCUT2D eigenvalue weighted by Gasteiger charge is 2.21. The first kappa shape index (κ1) is 17.7. The second-order valence-corrected chi connectivity index (χ2v) is 6.41. The van der Waals surface area contributed by atoms with E-state index in [-0.39, 0.29) is 5.82 Å². The molecule has 1 aromatic carbocycles. The predicted molar refractivity (Wildman–Crippen MR) is 99.1 cm³/mol. The van der Waals surface area contributed by atoms with Crippen LogP contribution in [0, 0.1) is 5.82 Å². The molecule has 1 aliphatic heterocycles. The summed E-state index contributed by atoms with van der Waals surface area (Å²) in [7, 11) is 1.81. The Morgan fingerprint density at radius 1 is 1.35 bits per heavy atom. The molecule has 0 saturated carbocycles. The summed E-state index contributed by atoms with van der Waals surface area (Å²) in [5.74, 6) is 2.78. The number of nitrogens with one attached hydrogen (secondary N) is 1. The molecule has 23 heavy (non-hydrogen) atoms. The van der Waals surface area contributed by atoms with Gasteiger partial charge in [0.2, 0.25) is 0 Å². The third kappa shape index (κ3) is 5.16. The minimum atomic E-state index is -0.150. The smallest absolute Gasteiger partial charge is 0.193 e. The van der Waals surface area contributed by atoms with Gasteiger partial charge >= 0.3 is 0 Å². The van der Waals surface area contributed by atoms with Crippen LogP contribution in [0.3, 0.4) is 0 Å². The van der Waals surface area contributed by atoms with Gasteiger partial charge in [0.05, 0.1) is 5.69 Å². The fourth-order valence-corrected chi connectivity index (χ4v) is 3.18. The molecule has 0 aromatic heterocycles. The van der Waals surface area contributed by atoms with Crippen molar-refractivity contribution in [1.29, 1.82) is 0 Å². The quantitative estimate of drug-likeness (QED) is 0.374. The van der Waals surface area contributed by atoms with Gasteiger partial charge in [0.1, 0.15) is 5.82 Å². The average molecular weight is 336 g/mol. The first-order chi connectivity index (χ1) is 11.3. The summed E-state index contributed by atoms with van der Waals surface area (Å²) in [6.07, 6.45) is 1.92. The number of para-hydroxylation sites is 1. The highest BCUT2D eigenvalue weighted by atomic mass is 32.2. The van der Waals surface area contributed by atoms with E-state index in [1.807, 2.05) is 37.0 Å². The first-order valence-electron chi connectivity index (χ1n) is 7.90. The van der Waals surface area contributed by atoms with Crippen LogP contribution in [0.2, 0.25) is 0 Å². The van der Waals surface area contributed by atoms with Crippen molar-refractivity contribution in [2.24, 2.45) is 4.99 Å². The predicted octanol–water partition coefficient (Wildman–Crippen LogP) is 2.44. The van der Waals surface area contributed by atoms with Crippen LogP contribution < -0.4 is 10.2 Å². The van der Waals surface area contributed by atoms with E-state index in [4.69, 9.17) is 0 Å². The zero-order chi connectivity index (χ0) is 16.5. The maximum atomic E-state index is 13.9. The number of aliphatic imine (C=N–C) groups is 1. The minimum Gasteiger partial charge on any atom is -0.366 e. The lowest BCUT2D eigenvalue weighted by atomic mass is 10.2. The number of rotatable bonds is 6. The van der Waals surface area contributed by atoms with Gasteiger partial charge in [-0.1, -0.05) is 18.2 Å². The van der Waals surface area contributed by atoms with Gasteiger partial charge in [0, 0.05) is 51.3 Å². The summed E-state index contributed by atoms with van der Waals surface area (Å²) >= 11 is 1.85. The number of anilines is 1. The topological polar surface area (TPSA) is 30.9 Å². The molecule has 1 aliphatic rings. The number of nitrogens with zero attached hydrogens (tertiary/aromatic N) is 3. The number of halogens is 1. The molecule has 4 nitrogen and oxygen atoms in total. The molecule has 1 aromatic rings. The number of benzene rings is 1. The fourth-order valence-electron chi connectivity index (χ4n) is 2.60. The molecule has 0 amide bonds. The summed E-state index contributed by atoms with van der Waals surface area (Å²) in [4.78, 5) is 8.68. The van der Waals surface area contributed by atoms with Crippen LogP contribution in [-0.2, 0) is 0 Å². The number of hydrogen-bond acceptors (Lipinski definition) is 3. The Hall–Kier alpha value is -1.69. The third-order valence-electron chi connectivity index (χ3n) is 3.75. The summed E-state index contributed by atoms with van der Waals surface area (Å²) < 4.78 is 13.9. The zero-order valence-electron chi connectivity index (χ0n) is 13.7. The SMILES string of the molecule is C=CCSCCNC(=NC)N1CCN(c2ccccc2F)CC1. The highest BCUT2D eigenvalue weighted by Crippen LogP contribution is 2.20. The molecule has 1 fully saturated rings. The normalized spacial score (nSPS) is 15.7. The Labute approximate surface area is 142 Å². The van der Waals surface area contributed by atoms with Gasteiger partial charge in [-0.2, -0.15) is 11.8 Å². The van der Waals surface area contributed by atoms with E-state index >= 15 is 0 Å². The van der Waals surface area contributed by atoms with Crippen molar-refractivity contribution >= 4 is 23.4 Å². The van der Waals surface area contributed by atoms with Gasteiger partial charge in [-0.05, 0) is 12.1 Å². The highest BCUT2D eigenvalue weighted by molar-refractivity contribution is 7.99. The van der Waals surface area contributed by atoms with Gasteiger partial charge in [-0.15, -0.1) is 6.58 Å². The molecule has 0 radical (unpaired) electrons. The van der Waals surface area contributed by atoms with Crippen molar-refractivity contribution in [3.63, 3.8) is 0 Å². The number of piperazine rings is 1. The Balaban J connectivity index is 1.80. The van der Waals surface area contributed by atoms with Crippen molar-refractivity contribution < 1.29 is 4.39 Å². The lowest BCUT2D eigenvalue weighted by Gasteiger charge is -2.37. The van der Waals surface area contributed by atoms with E-state index in [9.17, 15) is 4.39 Å². The Morgan fingerprint density at radius 2 is 2.09 bits per heavy atom. The fraction of sp³-hybridized carbons (Fsp3) is 0.471. The number of thioether (sulfide) groups is 1. The van der Waals surface area contributed by atoms with Gasteiger partial charge in [-0.25, -0.2) is 4.39 Å². The van der Waals surface area contributed by atoms with Gasteiger partial charge < -0.3 is 15.1 Å².